The van der Waals surface area contributed by atoms with Crippen LogP contribution in [0.15, 0.2) is 72.8 Å². The molecule has 192 valence electrons. The number of amides is 1. The number of nitriles is 1. The number of nitrogens with one attached hydrogen (secondary N) is 1. The van der Waals surface area contributed by atoms with Gasteiger partial charge in [0.15, 0.2) is 0 Å². The standard InChI is InChI=1S/C31H36N4O2/c1-4-23(5-2)31(36)33-26-15-16-28(25(21-26)22-32)34-17-19-35(20-18-34)30(24-11-7-6-8-12-24)27-13-9-10-14-29(27)37-3/h6-16,21,23,30H,4-5,17-20H2,1-3H3,(H,33,36). The maximum atomic E-state index is 12.5. The minimum Gasteiger partial charge on any atom is -0.496 e. The molecule has 0 radical (unpaired) electrons. The Bertz CT molecular complexity index is 1230. The summed E-state index contributed by atoms with van der Waals surface area (Å²) in [5.74, 6) is 0.884. The molecule has 1 saturated heterocycles. The van der Waals surface area contributed by atoms with Crippen molar-refractivity contribution in [1.29, 1.82) is 5.26 Å². The molecule has 1 aliphatic rings. The number of anilines is 2. The summed E-state index contributed by atoms with van der Waals surface area (Å²) in [5.41, 5.74) is 4.56. The molecular weight excluding hydrogens is 460 g/mol. The third-order valence-corrected chi connectivity index (χ3v) is 7.31. The molecule has 1 N–H and O–H groups in total. The van der Waals surface area contributed by atoms with E-state index in [0.717, 1.165) is 56.0 Å². The van der Waals surface area contributed by atoms with Gasteiger partial charge in [-0.05, 0) is 42.7 Å². The van der Waals surface area contributed by atoms with E-state index in [2.05, 4.69) is 57.6 Å². The number of carbonyl (C=O) groups excluding carboxylic acids is 1. The molecule has 6 heteroatoms. The minimum atomic E-state index is -0.0147. The van der Waals surface area contributed by atoms with Crippen molar-refractivity contribution in [3.63, 3.8) is 0 Å². The average Bonchev–Trinajstić information content (AvgIpc) is 2.95. The zero-order valence-electron chi connectivity index (χ0n) is 22.0. The molecule has 3 aromatic carbocycles. The Balaban J connectivity index is 1.52. The molecule has 0 aliphatic carbocycles. The van der Waals surface area contributed by atoms with Crippen LogP contribution in [0.5, 0.6) is 5.75 Å². The molecule has 1 aliphatic heterocycles. The van der Waals surface area contributed by atoms with Crippen LogP contribution in [0.4, 0.5) is 11.4 Å². The molecule has 0 bridgehead atoms. The fourth-order valence-corrected chi connectivity index (χ4v) is 5.22. The van der Waals surface area contributed by atoms with Gasteiger partial charge in [-0.2, -0.15) is 5.26 Å². The number of hydrogen-bond donors (Lipinski definition) is 1. The normalized spacial score (nSPS) is 14.7. The van der Waals surface area contributed by atoms with Gasteiger partial charge < -0.3 is 15.0 Å². The molecule has 1 amide bonds. The van der Waals surface area contributed by atoms with Crippen molar-refractivity contribution < 1.29 is 9.53 Å². The average molecular weight is 497 g/mol. The van der Waals surface area contributed by atoms with Gasteiger partial charge in [-0.3, -0.25) is 9.69 Å². The molecule has 1 heterocycles. The largest absolute Gasteiger partial charge is 0.496 e. The van der Waals surface area contributed by atoms with E-state index in [1.807, 2.05) is 44.2 Å². The first kappa shape index (κ1) is 26.2. The molecule has 0 aromatic heterocycles. The van der Waals surface area contributed by atoms with E-state index >= 15 is 0 Å². The van der Waals surface area contributed by atoms with E-state index in [0.29, 0.717) is 11.3 Å². The Morgan fingerprint density at radius 2 is 1.65 bits per heavy atom. The van der Waals surface area contributed by atoms with Gasteiger partial charge in [0.2, 0.25) is 5.91 Å². The fraction of sp³-hybridized carbons (Fsp3) is 0.355. The third kappa shape index (κ3) is 5.95. The van der Waals surface area contributed by atoms with Gasteiger partial charge in [0, 0.05) is 43.3 Å². The monoisotopic (exact) mass is 496 g/mol. The van der Waals surface area contributed by atoms with Crippen molar-refractivity contribution in [2.45, 2.75) is 32.7 Å². The van der Waals surface area contributed by atoms with Crippen LogP contribution in [-0.2, 0) is 4.79 Å². The van der Waals surface area contributed by atoms with Crippen LogP contribution in [0.25, 0.3) is 0 Å². The minimum absolute atomic E-state index is 0.0125. The van der Waals surface area contributed by atoms with Crippen LogP contribution in [-0.4, -0.2) is 44.1 Å². The number of piperazine rings is 1. The number of para-hydroxylation sites is 1. The highest BCUT2D eigenvalue weighted by atomic mass is 16.5. The third-order valence-electron chi connectivity index (χ3n) is 7.31. The summed E-state index contributed by atoms with van der Waals surface area (Å²) in [4.78, 5) is 17.3. The summed E-state index contributed by atoms with van der Waals surface area (Å²) in [6.07, 6.45) is 1.60. The van der Waals surface area contributed by atoms with Gasteiger partial charge in [0.05, 0.1) is 24.4 Å². The molecule has 1 unspecified atom stereocenters. The lowest BCUT2D eigenvalue weighted by molar-refractivity contribution is -0.120. The molecule has 4 rings (SSSR count). The van der Waals surface area contributed by atoms with Gasteiger partial charge in [-0.15, -0.1) is 0 Å². The van der Waals surface area contributed by atoms with Gasteiger partial charge in [-0.1, -0.05) is 62.4 Å². The highest BCUT2D eigenvalue weighted by molar-refractivity contribution is 5.93. The second-order valence-corrected chi connectivity index (χ2v) is 9.42. The van der Waals surface area contributed by atoms with Crippen molar-refractivity contribution in [3.05, 3.63) is 89.5 Å². The quantitative estimate of drug-likeness (QED) is 0.402. The van der Waals surface area contributed by atoms with Crippen LogP contribution in [0.2, 0.25) is 0 Å². The van der Waals surface area contributed by atoms with Crippen molar-refractivity contribution in [2.75, 3.05) is 43.5 Å². The first-order chi connectivity index (χ1) is 18.1. The highest BCUT2D eigenvalue weighted by Crippen LogP contribution is 2.36. The molecule has 0 saturated carbocycles. The van der Waals surface area contributed by atoms with E-state index in [9.17, 15) is 10.1 Å². The van der Waals surface area contributed by atoms with E-state index in [1.165, 1.54) is 5.56 Å². The lowest BCUT2D eigenvalue weighted by Gasteiger charge is -2.41. The summed E-state index contributed by atoms with van der Waals surface area (Å²) < 4.78 is 5.72. The van der Waals surface area contributed by atoms with E-state index in [4.69, 9.17) is 4.74 Å². The Labute approximate surface area is 220 Å². The van der Waals surface area contributed by atoms with Crippen LogP contribution in [0.1, 0.15) is 49.4 Å². The van der Waals surface area contributed by atoms with E-state index in [1.54, 1.807) is 13.2 Å². The van der Waals surface area contributed by atoms with Crippen LogP contribution in [0.3, 0.4) is 0 Å². The van der Waals surface area contributed by atoms with Crippen molar-refractivity contribution >= 4 is 17.3 Å². The summed E-state index contributed by atoms with van der Waals surface area (Å²) in [6, 6.07) is 26.9. The SMILES string of the molecule is CCC(CC)C(=O)Nc1ccc(N2CCN(C(c3ccccc3)c3ccccc3OC)CC2)c(C#N)c1. The van der Waals surface area contributed by atoms with Crippen molar-refractivity contribution in [2.24, 2.45) is 5.92 Å². The van der Waals surface area contributed by atoms with E-state index < -0.39 is 0 Å². The van der Waals surface area contributed by atoms with Crippen LogP contribution < -0.4 is 15.0 Å². The molecule has 37 heavy (non-hydrogen) atoms. The topological polar surface area (TPSA) is 68.6 Å². The molecule has 0 spiro atoms. The Hall–Kier alpha value is -3.82. The summed E-state index contributed by atoms with van der Waals surface area (Å²) in [5, 5.41) is 12.9. The molecule has 6 nitrogen and oxygen atoms in total. The lowest BCUT2D eigenvalue weighted by Crippen LogP contribution is -2.48. The zero-order valence-corrected chi connectivity index (χ0v) is 22.0. The number of hydrogen-bond acceptors (Lipinski definition) is 5. The maximum absolute atomic E-state index is 12.5. The van der Waals surface area contributed by atoms with Crippen molar-refractivity contribution in [3.8, 4) is 11.8 Å². The van der Waals surface area contributed by atoms with Crippen LogP contribution in [0, 0.1) is 17.2 Å². The summed E-state index contributed by atoms with van der Waals surface area (Å²) >= 11 is 0. The lowest BCUT2D eigenvalue weighted by atomic mass is 9.95. The molecular formula is C31H36N4O2. The van der Waals surface area contributed by atoms with Gasteiger partial charge >= 0.3 is 0 Å². The number of carbonyl (C=O) groups is 1. The van der Waals surface area contributed by atoms with E-state index in [-0.39, 0.29) is 17.9 Å². The summed E-state index contributed by atoms with van der Waals surface area (Å²) in [7, 11) is 1.72. The molecule has 1 atom stereocenters. The smallest absolute Gasteiger partial charge is 0.227 e. The maximum Gasteiger partial charge on any atom is 0.227 e. The second-order valence-electron chi connectivity index (χ2n) is 9.42. The van der Waals surface area contributed by atoms with Crippen molar-refractivity contribution in [1.82, 2.24) is 4.90 Å². The predicted octanol–water partition coefficient (Wildman–Crippen LogP) is 5.85. The highest BCUT2D eigenvalue weighted by Gasteiger charge is 2.29. The number of rotatable bonds is 9. The first-order valence-electron chi connectivity index (χ1n) is 13.1. The number of methoxy groups -OCH3 is 1. The first-order valence-corrected chi connectivity index (χ1v) is 13.1. The second kappa shape index (κ2) is 12.4. The number of ether oxygens (including phenoxy) is 1. The predicted molar refractivity (Wildman–Crippen MR) is 149 cm³/mol. The Kier molecular flexibility index (Phi) is 8.81. The van der Waals surface area contributed by atoms with Crippen LogP contribution >= 0.6 is 0 Å². The van der Waals surface area contributed by atoms with Gasteiger partial charge in [-0.25, -0.2) is 0 Å². The number of benzene rings is 3. The fourth-order valence-electron chi connectivity index (χ4n) is 5.22. The molecule has 3 aromatic rings. The Morgan fingerprint density at radius 1 is 0.973 bits per heavy atom. The van der Waals surface area contributed by atoms with Gasteiger partial charge in [0.1, 0.15) is 11.8 Å². The Morgan fingerprint density at radius 3 is 2.30 bits per heavy atom. The summed E-state index contributed by atoms with van der Waals surface area (Å²) in [6.45, 7) is 7.32. The van der Waals surface area contributed by atoms with Gasteiger partial charge in [0.25, 0.3) is 0 Å². The zero-order chi connectivity index (χ0) is 26.2. The number of nitrogens with zero attached hydrogens (tertiary/aromatic N) is 3. The molecule has 1 fully saturated rings.